The lowest BCUT2D eigenvalue weighted by Gasteiger charge is -2.19. The highest BCUT2D eigenvalue weighted by Crippen LogP contribution is 2.31. The van der Waals surface area contributed by atoms with Gasteiger partial charge < -0.3 is 10.1 Å². The minimum Gasteiger partial charge on any atom is -0.496 e. The molecule has 0 aliphatic heterocycles. The molecule has 1 unspecified atom stereocenters. The summed E-state index contributed by atoms with van der Waals surface area (Å²) < 4.78 is 5.41. The van der Waals surface area contributed by atoms with Crippen molar-refractivity contribution >= 4 is 11.6 Å². The molecule has 1 atom stereocenters. The van der Waals surface area contributed by atoms with E-state index in [9.17, 15) is 0 Å². The number of rotatable bonds is 8. The van der Waals surface area contributed by atoms with Crippen molar-refractivity contribution in [2.45, 2.75) is 45.1 Å². The summed E-state index contributed by atoms with van der Waals surface area (Å²) in [5.74, 6) is 0.911. The average Bonchev–Trinajstić information content (AvgIpc) is 2.39. The molecule has 18 heavy (non-hydrogen) atoms. The fourth-order valence-corrected chi connectivity index (χ4v) is 2.39. The number of halogens is 1. The third-order valence-corrected chi connectivity index (χ3v) is 3.50. The average molecular weight is 270 g/mol. The van der Waals surface area contributed by atoms with Crippen molar-refractivity contribution in [1.82, 2.24) is 5.32 Å². The molecule has 0 amide bonds. The van der Waals surface area contributed by atoms with Gasteiger partial charge in [-0.25, -0.2) is 0 Å². The van der Waals surface area contributed by atoms with Crippen LogP contribution in [0.4, 0.5) is 0 Å². The minimum atomic E-state index is 0.315. The summed E-state index contributed by atoms with van der Waals surface area (Å²) in [6.07, 6.45) is 6.22. The fraction of sp³-hybridized carbons (Fsp3) is 0.600. The molecule has 102 valence electrons. The van der Waals surface area contributed by atoms with Crippen molar-refractivity contribution in [1.29, 1.82) is 0 Å². The van der Waals surface area contributed by atoms with Crippen LogP contribution in [0.1, 0.15) is 50.6 Å². The SMILES string of the molecule is CCCCCCC(NC)c1cc(Cl)ccc1OC. The maximum absolute atomic E-state index is 6.08. The molecule has 0 heterocycles. The van der Waals surface area contributed by atoms with Crippen molar-refractivity contribution in [2.75, 3.05) is 14.2 Å². The van der Waals surface area contributed by atoms with Crippen LogP contribution in [0.2, 0.25) is 5.02 Å². The van der Waals surface area contributed by atoms with E-state index in [1.54, 1.807) is 7.11 Å². The Balaban J connectivity index is 2.71. The van der Waals surface area contributed by atoms with Crippen LogP contribution in [0.15, 0.2) is 18.2 Å². The third-order valence-electron chi connectivity index (χ3n) is 3.26. The third kappa shape index (κ3) is 4.51. The second-order valence-electron chi connectivity index (χ2n) is 4.58. The molecule has 0 aromatic heterocycles. The summed E-state index contributed by atoms with van der Waals surface area (Å²) in [6, 6.07) is 6.12. The quantitative estimate of drug-likeness (QED) is 0.698. The summed E-state index contributed by atoms with van der Waals surface area (Å²) in [5, 5.41) is 4.12. The molecule has 3 heteroatoms. The van der Waals surface area contributed by atoms with Crippen LogP contribution in [-0.4, -0.2) is 14.2 Å². The molecule has 0 saturated heterocycles. The van der Waals surface area contributed by atoms with Gasteiger partial charge in [-0.3, -0.25) is 0 Å². The predicted molar refractivity (Wildman–Crippen MR) is 78.6 cm³/mol. The normalized spacial score (nSPS) is 12.4. The predicted octanol–water partition coefficient (Wildman–Crippen LogP) is 4.58. The standard InChI is InChI=1S/C15H24ClNO/c1-4-5-6-7-8-14(17-2)13-11-12(16)9-10-15(13)18-3/h9-11,14,17H,4-8H2,1-3H3. The Morgan fingerprint density at radius 1 is 1.28 bits per heavy atom. The van der Waals surface area contributed by atoms with E-state index in [4.69, 9.17) is 16.3 Å². The zero-order chi connectivity index (χ0) is 13.4. The van der Waals surface area contributed by atoms with E-state index < -0.39 is 0 Å². The second kappa shape index (κ2) is 8.39. The van der Waals surface area contributed by atoms with Gasteiger partial charge in [0.1, 0.15) is 5.75 Å². The Kier molecular flexibility index (Phi) is 7.14. The highest BCUT2D eigenvalue weighted by Gasteiger charge is 2.14. The van der Waals surface area contributed by atoms with E-state index in [1.807, 2.05) is 25.2 Å². The molecule has 0 aliphatic rings. The van der Waals surface area contributed by atoms with E-state index in [-0.39, 0.29) is 0 Å². The van der Waals surface area contributed by atoms with Crippen LogP contribution in [0.3, 0.4) is 0 Å². The van der Waals surface area contributed by atoms with Gasteiger partial charge in [0.25, 0.3) is 0 Å². The molecule has 1 aromatic carbocycles. The number of hydrogen-bond donors (Lipinski definition) is 1. The van der Waals surface area contributed by atoms with Gasteiger partial charge in [-0.2, -0.15) is 0 Å². The van der Waals surface area contributed by atoms with E-state index in [0.29, 0.717) is 6.04 Å². The van der Waals surface area contributed by atoms with Crippen LogP contribution in [0, 0.1) is 0 Å². The Labute approximate surface area is 116 Å². The molecular weight excluding hydrogens is 246 g/mol. The molecule has 1 rings (SSSR count). The van der Waals surface area contributed by atoms with Crippen molar-refractivity contribution in [3.63, 3.8) is 0 Å². The van der Waals surface area contributed by atoms with Crippen LogP contribution < -0.4 is 10.1 Å². The van der Waals surface area contributed by atoms with Crippen molar-refractivity contribution in [2.24, 2.45) is 0 Å². The van der Waals surface area contributed by atoms with Gasteiger partial charge in [-0.05, 0) is 31.7 Å². The Morgan fingerprint density at radius 3 is 2.67 bits per heavy atom. The summed E-state index contributed by atoms with van der Waals surface area (Å²) in [7, 11) is 3.70. The molecule has 2 nitrogen and oxygen atoms in total. The number of methoxy groups -OCH3 is 1. The van der Waals surface area contributed by atoms with E-state index in [0.717, 1.165) is 22.8 Å². The van der Waals surface area contributed by atoms with E-state index >= 15 is 0 Å². The van der Waals surface area contributed by atoms with Crippen LogP contribution in [0.5, 0.6) is 5.75 Å². The first-order valence-corrected chi connectivity index (χ1v) is 7.11. The van der Waals surface area contributed by atoms with Crippen molar-refractivity contribution in [3.8, 4) is 5.75 Å². The number of unbranched alkanes of at least 4 members (excludes halogenated alkanes) is 3. The largest absolute Gasteiger partial charge is 0.496 e. The van der Waals surface area contributed by atoms with Crippen LogP contribution >= 0.6 is 11.6 Å². The Morgan fingerprint density at radius 2 is 2.06 bits per heavy atom. The molecule has 0 fully saturated rings. The first-order valence-electron chi connectivity index (χ1n) is 6.73. The first-order chi connectivity index (χ1) is 8.72. The van der Waals surface area contributed by atoms with Crippen LogP contribution in [0.25, 0.3) is 0 Å². The summed E-state index contributed by atoms with van der Waals surface area (Å²) in [5.41, 5.74) is 1.16. The lowest BCUT2D eigenvalue weighted by Crippen LogP contribution is -2.17. The number of ether oxygens (including phenoxy) is 1. The second-order valence-corrected chi connectivity index (χ2v) is 5.01. The molecule has 0 bridgehead atoms. The van der Waals surface area contributed by atoms with E-state index in [1.165, 1.54) is 25.7 Å². The summed E-state index contributed by atoms with van der Waals surface area (Å²) in [4.78, 5) is 0. The highest BCUT2D eigenvalue weighted by molar-refractivity contribution is 6.30. The highest BCUT2D eigenvalue weighted by atomic mass is 35.5. The van der Waals surface area contributed by atoms with Gasteiger partial charge in [0.15, 0.2) is 0 Å². The van der Waals surface area contributed by atoms with E-state index in [2.05, 4.69) is 12.2 Å². The lowest BCUT2D eigenvalue weighted by molar-refractivity contribution is 0.396. The molecule has 0 aliphatic carbocycles. The molecule has 0 saturated carbocycles. The Bertz CT molecular complexity index is 354. The van der Waals surface area contributed by atoms with Gasteiger partial charge in [0.2, 0.25) is 0 Å². The molecule has 0 radical (unpaired) electrons. The van der Waals surface area contributed by atoms with Gasteiger partial charge in [-0.15, -0.1) is 0 Å². The van der Waals surface area contributed by atoms with Crippen molar-refractivity contribution in [3.05, 3.63) is 28.8 Å². The Hall–Kier alpha value is -0.730. The monoisotopic (exact) mass is 269 g/mol. The van der Waals surface area contributed by atoms with Gasteiger partial charge >= 0.3 is 0 Å². The summed E-state index contributed by atoms with van der Waals surface area (Å²) in [6.45, 7) is 2.23. The molecule has 1 aromatic rings. The number of nitrogens with one attached hydrogen (secondary N) is 1. The van der Waals surface area contributed by atoms with Crippen LogP contribution in [-0.2, 0) is 0 Å². The molecule has 1 N–H and O–H groups in total. The fourth-order valence-electron chi connectivity index (χ4n) is 2.21. The summed E-state index contributed by atoms with van der Waals surface area (Å²) >= 11 is 6.08. The number of hydrogen-bond acceptors (Lipinski definition) is 2. The smallest absolute Gasteiger partial charge is 0.123 e. The zero-order valence-corrected chi connectivity index (χ0v) is 12.4. The van der Waals surface area contributed by atoms with Gasteiger partial charge in [-0.1, -0.05) is 44.2 Å². The number of benzene rings is 1. The first kappa shape index (κ1) is 15.3. The van der Waals surface area contributed by atoms with Gasteiger partial charge in [0, 0.05) is 16.6 Å². The van der Waals surface area contributed by atoms with Crippen molar-refractivity contribution < 1.29 is 4.74 Å². The maximum Gasteiger partial charge on any atom is 0.123 e. The lowest BCUT2D eigenvalue weighted by atomic mass is 9.99. The maximum atomic E-state index is 6.08. The molecular formula is C15H24ClNO. The van der Waals surface area contributed by atoms with Gasteiger partial charge in [0.05, 0.1) is 7.11 Å². The topological polar surface area (TPSA) is 21.3 Å². The zero-order valence-electron chi connectivity index (χ0n) is 11.6. The molecule has 0 spiro atoms. The minimum absolute atomic E-state index is 0.315.